The van der Waals surface area contributed by atoms with E-state index >= 15 is 0 Å². The number of rotatable bonds is 6. The maximum atomic E-state index is 12.0. The number of carbonyl (C=O) groups is 1. The molecular formula is C18H16ClN3OS2. The number of halogens is 1. The van der Waals surface area contributed by atoms with Crippen LogP contribution in [0.4, 0.5) is 5.13 Å². The van der Waals surface area contributed by atoms with Gasteiger partial charge < -0.3 is 0 Å². The molecule has 0 aliphatic carbocycles. The number of hydrogen-bond donors (Lipinski definition) is 1. The first-order valence-electron chi connectivity index (χ1n) is 7.63. The van der Waals surface area contributed by atoms with Crippen molar-refractivity contribution in [3.63, 3.8) is 0 Å². The van der Waals surface area contributed by atoms with E-state index < -0.39 is 0 Å². The molecule has 7 heteroatoms. The highest BCUT2D eigenvalue weighted by atomic mass is 35.5. The lowest BCUT2D eigenvalue weighted by Crippen LogP contribution is -2.13. The molecule has 0 fully saturated rings. The number of anilines is 1. The van der Waals surface area contributed by atoms with Crippen molar-refractivity contribution in [3.8, 4) is 10.6 Å². The monoisotopic (exact) mass is 389 g/mol. The quantitative estimate of drug-likeness (QED) is 0.641. The minimum Gasteiger partial charge on any atom is -0.300 e. The molecule has 0 radical (unpaired) electrons. The fraction of sp³-hybridized carbons (Fsp3) is 0.167. The highest BCUT2D eigenvalue weighted by Crippen LogP contribution is 2.26. The van der Waals surface area contributed by atoms with Gasteiger partial charge in [0.05, 0.1) is 5.75 Å². The fourth-order valence-corrected chi connectivity index (χ4v) is 3.76. The number of aryl methyl sites for hydroxylation is 1. The van der Waals surface area contributed by atoms with Crippen LogP contribution in [0, 0.1) is 6.92 Å². The fourth-order valence-electron chi connectivity index (χ4n) is 2.08. The van der Waals surface area contributed by atoms with E-state index in [1.165, 1.54) is 16.9 Å². The van der Waals surface area contributed by atoms with Crippen molar-refractivity contribution in [2.75, 3.05) is 11.1 Å². The molecule has 0 aliphatic heterocycles. The second kappa shape index (κ2) is 8.47. The Morgan fingerprint density at radius 2 is 1.84 bits per heavy atom. The smallest absolute Gasteiger partial charge is 0.236 e. The zero-order valence-corrected chi connectivity index (χ0v) is 15.9. The van der Waals surface area contributed by atoms with Crippen LogP contribution in [0.2, 0.25) is 5.02 Å². The Kier molecular flexibility index (Phi) is 6.07. The highest BCUT2D eigenvalue weighted by Gasteiger charge is 2.10. The van der Waals surface area contributed by atoms with Crippen LogP contribution in [0.15, 0.2) is 48.5 Å². The topological polar surface area (TPSA) is 54.9 Å². The molecule has 1 N–H and O–H groups in total. The van der Waals surface area contributed by atoms with Gasteiger partial charge in [0.15, 0.2) is 0 Å². The summed E-state index contributed by atoms with van der Waals surface area (Å²) in [4.78, 5) is 12.0. The molecule has 25 heavy (non-hydrogen) atoms. The average molecular weight is 390 g/mol. The molecule has 4 nitrogen and oxygen atoms in total. The zero-order valence-electron chi connectivity index (χ0n) is 13.5. The van der Waals surface area contributed by atoms with Gasteiger partial charge in [0, 0.05) is 16.3 Å². The Bertz CT molecular complexity index is 848. The number of benzene rings is 2. The molecule has 1 amide bonds. The number of thioether (sulfide) groups is 1. The maximum absolute atomic E-state index is 12.0. The van der Waals surface area contributed by atoms with Crippen LogP contribution in [-0.4, -0.2) is 21.9 Å². The van der Waals surface area contributed by atoms with Gasteiger partial charge in [0.2, 0.25) is 11.0 Å². The summed E-state index contributed by atoms with van der Waals surface area (Å²) in [6, 6.07) is 15.7. The lowest BCUT2D eigenvalue weighted by atomic mass is 10.2. The average Bonchev–Trinajstić information content (AvgIpc) is 3.06. The third-order valence-corrected chi connectivity index (χ3v) is 5.53. The number of nitrogens with one attached hydrogen (secondary N) is 1. The van der Waals surface area contributed by atoms with E-state index in [4.69, 9.17) is 11.6 Å². The lowest BCUT2D eigenvalue weighted by Gasteiger charge is -2.02. The molecule has 128 valence electrons. The van der Waals surface area contributed by atoms with Gasteiger partial charge in [-0.05, 0) is 24.6 Å². The molecule has 0 atom stereocenters. The summed E-state index contributed by atoms with van der Waals surface area (Å²) < 4.78 is 0. The molecule has 2 aromatic carbocycles. The molecule has 0 unspecified atom stereocenters. The van der Waals surface area contributed by atoms with Crippen LogP contribution in [0.25, 0.3) is 10.6 Å². The van der Waals surface area contributed by atoms with Crippen LogP contribution in [0.1, 0.15) is 11.1 Å². The lowest BCUT2D eigenvalue weighted by molar-refractivity contribution is -0.113. The minimum absolute atomic E-state index is 0.0782. The van der Waals surface area contributed by atoms with E-state index in [0.29, 0.717) is 15.9 Å². The molecule has 0 aliphatic rings. The van der Waals surface area contributed by atoms with Gasteiger partial charge >= 0.3 is 0 Å². The number of carbonyl (C=O) groups excluding carboxylic acids is 1. The van der Waals surface area contributed by atoms with E-state index in [1.54, 1.807) is 11.8 Å². The molecule has 3 aromatic rings. The third-order valence-electron chi connectivity index (χ3n) is 3.39. The van der Waals surface area contributed by atoms with Crippen LogP contribution in [-0.2, 0) is 10.5 Å². The van der Waals surface area contributed by atoms with Crippen molar-refractivity contribution in [1.29, 1.82) is 0 Å². The number of aromatic nitrogens is 2. The minimum atomic E-state index is -0.0782. The molecule has 1 aromatic heterocycles. The Balaban J connectivity index is 1.49. The Labute approximate surface area is 159 Å². The Hall–Kier alpha value is -1.89. The summed E-state index contributed by atoms with van der Waals surface area (Å²) >= 11 is 8.78. The SMILES string of the molecule is Cc1ccc(-c2nnc(NC(=O)CSCc3ccc(Cl)cc3)s2)cc1. The van der Waals surface area contributed by atoms with E-state index in [0.717, 1.165) is 21.9 Å². The summed E-state index contributed by atoms with van der Waals surface area (Å²) in [6.07, 6.45) is 0. The first kappa shape index (κ1) is 17.9. The second-order valence-corrected chi connectivity index (χ2v) is 7.85. The van der Waals surface area contributed by atoms with Crippen molar-refractivity contribution in [2.24, 2.45) is 0 Å². The Morgan fingerprint density at radius 3 is 2.56 bits per heavy atom. The summed E-state index contributed by atoms with van der Waals surface area (Å²) in [5, 5.41) is 13.0. The van der Waals surface area contributed by atoms with Crippen LogP contribution in [0.5, 0.6) is 0 Å². The van der Waals surface area contributed by atoms with Gasteiger partial charge in [0.25, 0.3) is 0 Å². The van der Waals surface area contributed by atoms with Crippen molar-refractivity contribution in [2.45, 2.75) is 12.7 Å². The van der Waals surface area contributed by atoms with Gasteiger partial charge in [-0.2, -0.15) is 0 Å². The van der Waals surface area contributed by atoms with Crippen LogP contribution >= 0.6 is 34.7 Å². The van der Waals surface area contributed by atoms with Crippen LogP contribution in [0.3, 0.4) is 0 Å². The maximum Gasteiger partial charge on any atom is 0.236 e. The van der Waals surface area contributed by atoms with E-state index in [-0.39, 0.29) is 5.91 Å². The summed E-state index contributed by atoms with van der Waals surface area (Å²) in [5.74, 6) is 1.04. The van der Waals surface area contributed by atoms with Crippen molar-refractivity contribution >= 4 is 45.7 Å². The number of nitrogens with zero attached hydrogens (tertiary/aromatic N) is 2. The summed E-state index contributed by atoms with van der Waals surface area (Å²) in [6.45, 7) is 2.04. The predicted molar refractivity (Wildman–Crippen MR) is 106 cm³/mol. The molecule has 1 heterocycles. The van der Waals surface area contributed by atoms with Crippen LogP contribution < -0.4 is 5.32 Å². The van der Waals surface area contributed by atoms with E-state index in [2.05, 4.69) is 15.5 Å². The third kappa shape index (κ3) is 5.29. The zero-order chi connectivity index (χ0) is 17.6. The summed E-state index contributed by atoms with van der Waals surface area (Å²) in [7, 11) is 0. The molecule has 0 bridgehead atoms. The second-order valence-electron chi connectivity index (χ2n) is 5.45. The number of hydrogen-bond acceptors (Lipinski definition) is 5. The highest BCUT2D eigenvalue weighted by molar-refractivity contribution is 7.99. The standard InChI is InChI=1S/C18H16ClN3OS2/c1-12-2-6-14(7-3-12)17-21-22-18(25-17)20-16(23)11-24-10-13-4-8-15(19)9-5-13/h2-9H,10-11H2,1H3,(H,20,22,23). The van der Waals surface area contributed by atoms with Crippen molar-refractivity contribution < 1.29 is 4.79 Å². The predicted octanol–water partition coefficient (Wildman–Crippen LogP) is 5.04. The van der Waals surface area contributed by atoms with Crippen molar-refractivity contribution in [1.82, 2.24) is 10.2 Å². The van der Waals surface area contributed by atoms with Gasteiger partial charge in [-0.3, -0.25) is 10.1 Å². The van der Waals surface area contributed by atoms with E-state index in [9.17, 15) is 4.79 Å². The molecule has 3 rings (SSSR count). The normalized spacial score (nSPS) is 10.6. The van der Waals surface area contributed by atoms with Gasteiger partial charge in [-0.25, -0.2) is 0 Å². The molecular weight excluding hydrogens is 374 g/mol. The van der Waals surface area contributed by atoms with E-state index in [1.807, 2.05) is 55.5 Å². The first-order valence-corrected chi connectivity index (χ1v) is 9.97. The van der Waals surface area contributed by atoms with Crippen molar-refractivity contribution in [3.05, 3.63) is 64.7 Å². The Morgan fingerprint density at radius 1 is 1.12 bits per heavy atom. The van der Waals surface area contributed by atoms with Gasteiger partial charge in [-0.1, -0.05) is 64.9 Å². The molecule has 0 spiro atoms. The number of amides is 1. The largest absolute Gasteiger partial charge is 0.300 e. The van der Waals surface area contributed by atoms with Gasteiger partial charge in [-0.15, -0.1) is 22.0 Å². The first-order chi connectivity index (χ1) is 12.1. The molecule has 0 saturated carbocycles. The summed E-state index contributed by atoms with van der Waals surface area (Å²) in [5.41, 5.74) is 3.33. The van der Waals surface area contributed by atoms with Gasteiger partial charge in [0.1, 0.15) is 5.01 Å². The molecule has 0 saturated heterocycles.